The molecule has 0 aliphatic carbocycles. The summed E-state index contributed by atoms with van der Waals surface area (Å²) in [7, 11) is 1.88. The van der Waals surface area contributed by atoms with Gasteiger partial charge in [0.2, 0.25) is 0 Å². The molecule has 0 radical (unpaired) electrons. The molecular formula is C16H27N3O. The largest absolute Gasteiger partial charge is 0.370 e. The summed E-state index contributed by atoms with van der Waals surface area (Å²) >= 11 is 0. The first-order valence-electron chi connectivity index (χ1n) is 7.53. The van der Waals surface area contributed by atoms with E-state index in [0.29, 0.717) is 11.6 Å². The van der Waals surface area contributed by atoms with E-state index in [2.05, 4.69) is 31.1 Å². The average molecular weight is 277 g/mol. The first kappa shape index (κ1) is 16.5. The third-order valence-electron chi connectivity index (χ3n) is 3.57. The summed E-state index contributed by atoms with van der Waals surface area (Å²) in [4.78, 5) is 18.8. The van der Waals surface area contributed by atoms with Crippen molar-refractivity contribution in [1.29, 1.82) is 0 Å². The Morgan fingerprint density at radius 3 is 2.50 bits per heavy atom. The van der Waals surface area contributed by atoms with Crippen molar-refractivity contribution in [3.05, 3.63) is 23.4 Å². The van der Waals surface area contributed by atoms with Gasteiger partial charge in [-0.15, -0.1) is 0 Å². The molecule has 1 aromatic rings. The van der Waals surface area contributed by atoms with Crippen molar-refractivity contribution in [3.63, 3.8) is 0 Å². The molecule has 0 saturated carbocycles. The van der Waals surface area contributed by atoms with Crippen LogP contribution < -0.4 is 5.32 Å². The summed E-state index contributed by atoms with van der Waals surface area (Å²) in [6.07, 6.45) is 2.99. The van der Waals surface area contributed by atoms with E-state index >= 15 is 0 Å². The molecule has 0 atom stereocenters. The van der Waals surface area contributed by atoms with Gasteiger partial charge in [-0.2, -0.15) is 0 Å². The molecule has 1 rings (SSSR count). The number of aryl methyl sites for hydroxylation is 1. The van der Waals surface area contributed by atoms with E-state index in [9.17, 15) is 4.79 Å². The number of hydrogen-bond acceptors (Lipinski definition) is 3. The summed E-state index contributed by atoms with van der Waals surface area (Å²) in [6.45, 7) is 9.13. The molecule has 0 aromatic carbocycles. The van der Waals surface area contributed by atoms with Crippen LogP contribution in [0.4, 0.5) is 5.82 Å². The van der Waals surface area contributed by atoms with Crippen molar-refractivity contribution < 1.29 is 4.79 Å². The second kappa shape index (κ2) is 7.88. The number of amides is 1. The molecule has 1 aromatic heterocycles. The standard InChI is InChI=1S/C16H27N3O/c1-6-9-17-15-11-13(10-12(4)18-15)16(20)19(5)14(7-2)8-3/h10-11,14H,6-9H2,1-5H3,(H,17,18). The molecule has 0 aliphatic rings. The lowest BCUT2D eigenvalue weighted by atomic mass is 10.1. The Labute approximate surface area is 122 Å². The molecule has 0 aliphatic heterocycles. The molecule has 20 heavy (non-hydrogen) atoms. The Morgan fingerprint density at radius 2 is 1.95 bits per heavy atom. The summed E-state index contributed by atoms with van der Waals surface area (Å²) in [5, 5.41) is 3.24. The van der Waals surface area contributed by atoms with Gasteiger partial charge in [-0.25, -0.2) is 4.98 Å². The quantitative estimate of drug-likeness (QED) is 0.830. The van der Waals surface area contributed by atoms with Crippen molar-refractivity contribution >= 4 is 11.7 Å². The lowest BCUT2D eigenvalue weighted by molar-refractivity contribution is 0.0723. The fraction of sp³-hybridized carbons (Fsp3) is 0.625. The van der Waals surface area contributed by atoms with Crippen LogP contribution >= 0.6 is 0 Å². The zero-order valence-electron chi connectivity index (χ0n) is 13.4. The molecule has 4 heteroatoms. The Balaban J connectivity index is 2.94. The molecule has 0 fully saturated rings. The lowest BCUT2D eigenvalue weighted by Crippen LogP contribution is -2.36. The van der Waals surface area contributed by atoms with Gasteiger partial charge in [-0.1, -0.05) is 20.8 Å². The minimum Gasteiger partial charge on any atom is -0.370 e. The number of nitrogens with one attached hydrogen (secondary N) is 1. The number of nitrogens with zero attached hydrogens (tertiary/aromatic N) is 2. The van der Waals surface area contributed by atoms with Crippen molar-refractivity contribution in [2.45, 2.75) is 53.0 Å². The van der Waals surface area contributed by atoms with Gasteiger partial charge < -0.3 is 10.2 Å². The van der Waals surface area contributed by atoms with Gasteiger partial charge in [0.25, 0.3) is 5.91 Å². The summed E-state index contributed by atoms with van der Waals surface area (Å²) < 4.78 is 0. The molecule has 0 unspecified atom stereocenters. The van der Waals surface area contributed by atoms with Gasteiger partial charge in [0.05, 0.1) is 0 Å². The Morgan fingerprint density at radius 1 is 1.30 bits per heavy atom. The molecule has 4 nitrogen and oxygen atoms in total. The van der Waals surface area contributed by atoms with Gasteiger partial charge in [0.1, 0.15) is 5.82 Å². The van der Waals surface area contributed by atoms with Crippen LogP contribution in [-0.2, 0) is 0 Å². The highest BCUT2D eigenvalue weighted by Gasteiger charge is 2.19. The number of carbonyl (C=O) groups excluding carboxylic acids is 1. The molecule has 1 amide bonds. The first-order valence-corrected chi connectivity index (χ1v) is 7.53. The van der Waals surface area contributed by atoms with Crippen LogP contribution in [0.3, 0.4) is 0 Å². The van der Waals surface area contributed by atoms with E-state index in [4.69, 9.17) is 0 Å². The van der Waals surface area contributed by atoms with Gasteiger partial charge in [-0.3, -0.25) is 4.79 Å². The predicted octanol–water partition coefficient (Wildman–Crippen LogP) is 3.47. The number of anilines is 1. The zero-order valence-corrected chi connectivity index (χ0v) is 13.4. The SMILES string of the molecule is CCCNc1cc(C(=O)N(C)C(CC)CC)cc(C)n1. The van der Waals surface area contributed by atoms with Gasteiger partial charge in [0, 0.05) is 30.9 Å². The Hall–Kier alpha value is -1.58. The normalized spacial score (nSPS) is 10.7. The fourth-order valence-electron chi connectivity index (χ4n) is 2.34. The highest BCUT2D eigenvalue weighted by Crippen LogP contribution is 2.15. The van der Waals surface area contributed by atoms with Crippen LogP contribution in [0.5, 0.6) is 0 Å². The van der Waals surface area contributed by atoms with Gasteiger partial charge >= 0.3 is 0 Å². The van der Waals surface area contributed by atoms with Gasteiger partial charge in [0.15, 0.2) is 0 Å². The molecule has 112 valence electrons. The van der Waals surface area contributed by atoms with Crippen molar-refractivity contribution in [2.24, 2.45) is 0 Å². The number of pyridine rings is 1. The topological polar surface area (TPSA) is 45.2 Å². The Kier molecular flexibility index (Phi) is 6.49. The van der Waals surface area contributed by atoms with Crippen molar-refractivity contribution in [3.8, 4) is 0 Å². The minimum atomic E-state index is 0.0729. The predicted molar refractivity (Wildman–Crippen MR) is 84.2 cm³/mol. The number of rotatable bonds is 7. The fourth-order valence-corrected chi connectivity index (χ4v) is 2.34. The van der Waals surface area contributed by atoms with Crippen LogP contribution in [0.2, 0.25) is 0 Å². The summed E-state index contributed by atoms with van der Waals surface area (Å²) in [5.74, 6) is 0.858. The summed E-state index contributed by atoms with van der Waals surface area (Å²) in [6, 6.07) is 4.00. The van der Waals surface area contributed by atoms with Crippen LogP contribution in [0, 0.1) is 6.92 Å². The first-order chi connectivity index (χ1) is 9.53. The molecule has 0 bridgehead atoms. The van der Waals surface area contributed by atoms with Crippen LogP contribution in [0.15, 0.2) is 12.1 Å². The van der Waals surface area contributed by atoms with E-state index in [1.807, 2.05) is 31.0 Å². The highest BCUT2D eigenvalue weighted by molar-refractivity contribution is 5.95. The second-order valence-electron chi connectivity index (χ2n) is 5.20. The second-order valence-corrected chi connectivity index (χ2v) is 5.20. The molecule has 1 heterocycles. The maximum Gasteiger partial charge on any atom is 0.254 e. The maximum atomic E-state index is 12.6. The van der Waals surface area contributed by atoms with Crippen LogP contribution in [0.1, 0.15) is 56.1 Å². The average Bonchev–Trinajstić information content (AvgIpc) is 2.44. The lowest BCUT2D eigenvalue weighted by Gasteiger charge is -2.26. The highest BCUT2D eigenvalue weighted by atomic mass is 16.2. The van der Waals surface area contributed by atoms with Crippen molar-refractivity contribution in [2.75, 3.05) is 18.9 Å². The molecular weight excluding hydrogens is 250 g/mol. The third kappa shape index (κ3) is 4.22. The molecule has 0 spiro atoms. The smallest absolute Gasteiger partial charge is 0.254 e. The summed E-state index contributed by atoms with van der Waals surface area (Å²) in [5.41, 5.74) is 1.58. The van der Waals surface area contributed by atoms with Crippen LogP contribution in [0.25, 0.3) is 0 Å². The van der Waals surface area contributed by atoms with E-state index in [1.165, 1.54) is 0 Å². The maximum absolute atomic E-state index is 12.6. The van der Waals surface area contributed by atoms with Gasteiger partial charge in [-0.05, 0) is 38.3 Å². The van der Waals surface area contributed by atoms with Crippen LogP contribution in [-0.4, -0.2) is 35.4 Å². The van der Waals surface area contributed by atoms with Crippen molar-refractivity contribution in [1.82, 2.24) is 9.88 Å². The monoisotopic (exact) mass is 277 g/mol. The third-order valence-corrected chi connectivity index (χ3v) is 3.57. The molecule has 0 saturated heterocycles. The zero-order chi connectivity index (χ0) is 15.1. The van der Waals surface area contributed by atoms with E-state index in [-0.39, 0.29) is 5.91 Å². The minimum absolute atomic E-state index is 0.0729. The van der Waals surface area contributed by atoms with E-state index in [1.54, 1.807) is 0 Å². The van der Waals surface area contributed by atoms with E-state index in [0.717, 1.165) is 37.3 Å². The number of carbonyl (C=O) groups is 1. The number of aromatic nitrogens is 1. The Bertz CT molecular complexity index is 441. The van der Waals surface area contributed by atoms with E-state index < -0.39 is 0 Å². The molecule has 1 N–H and O–H groups in total. The number of hydrogen-bond donors (Lipinski definition) is 1.